The number of hydrazine groups is 1. The number of aromatic amines is 1. The largest absolute Gasteiger partial charge is 0.462 e. The molecule has 3 N–H and O–H groups in total. The third-order valence-electron chi connectivity index (χ3n) is 5.12. The van der Waals surface area contributed by atoms with E-state index in [1.165, 1.54) is 23.1 Å². The van der Waals surface area contributed by atoms with Gasteiger partial charge in [0.1, 0.15) is 11.5 Å². The van der Waals surface area contributed by atoms with Crippen LogP contribution in [0.3, 0.4) is 0 Å². The topological polar surface area (TPSA) is 95.9 Å². The number of ketones is 1. The number of nitrogens with zero attached hydrogens (tertiary/aromatic N) is 1. The maximum atomic E-state index is 14.6. The molecule has 160 valence electrons. The summed E-state index contributed by atoms with van der Waals surface area (Å²) in [6.45, 7) is 6.25. The second kappa shape index (κ2) is 9.19. The lowest BCUT2D eigenvalue weighted by atomic mass is 9.98. The van der Waals surface area contributed by atoms with Crippen molar-refractivity contribution in [1.82, 2.24) is 15.4 Å². The van der Waals surface area contributed by atoms with Gasteiger partial charge in [-0.15, -0.1) is 0 Å². The van der Waals surface area contributed by atoms with Gasteiger partial charge in [0.25, 0.3) is 5.78 Å². The first-order valence-electron chi connectivity index (χ1n) is 9.89. The van der Waals surface area contributed by atoms with Crippen LogP contribution in [0, 0.1) is 12.7 Å². The number of Topliss-reactive ketones (excluding diaryl/α,β-unsaturated/α-hetero) is 1. The molecule has 2 heterocycles. The van der Waals surface area contributed by atoms with Crippen LogP contribution in [0.25, 0.3) is 11.1 Å². The minimum absolute atomic E-state index is 0.0343. The van der Waals surface area contributed by atoms with Crippen molar-refractivity contribution in [2.75, 3.05) is 39.8 Å². The lowest BCUT2D eigenvalue weighted by Crippen LogP contribution is -3.12. The van der Waals surface area contributed by atoms with E-state index in [-0.39, 0.29) is 29.0 Å². The molecule has 30 heavy (non-hydrogen) atoms. The van der Waals surface area contributed by atoms with Crippen molar-refractivity contribution in [2.45, 2.75) is 13.8 Å². The number of likely N-dealkylation sites (N-methyl/N-ethyl adjacent to an activating group) is 1. The van der Waals surface area contributed by atoms with E-state index in [9.17, 15) is 18.8 Å². The van der Waals surface area contributed by atoms with Gasteiger partial charge in [0, 0.05) is 16.8 Å². The van der Waals surface area contributed by atoms with E-state index >= 15 is 0 Å². The molecule has 1 aliphatic heterocycles. The fraction of sp³-hybridized carbons (Fsp3) is 0.381. The number of piperazine rings is 1. The van der Waals surface area contributed by atoms with Crippen molar-refractivity contribution in [3.05, 3.63) is 47.0 Å². The van der Waals surface area contributed by atoms with E-state index in [1.54, 1.807) is 24.9 Å². The van der Waals surface area contributed by atoms with Crippen LogP contribution in [-0.2, 0) is 9.53 Å². The van der Waals surface area contributed by atoms with Crippen molar-refractivity contribution in [1.29, 1.82) is 0 Å². The lowest BCUT2D eigenvalue weighted by Gasteiger charge is -2.29. The van der Waals surface area contributed by atoms with Crippen LogP contribution in [0.2, 0.25) is 0 Å². The number of amides is 1. The van der Waals surface area contributed by atoms with Crippen LogP contribution in [0.15, 0.2) is 24.3 Å². The number of carbonyl (C=O) groups is 3. The molecule has 1 amide bonds. The number of nitrogens with one attached hydrogen (secondary N) is 3. The van der Waals surface area contributed by atoms with Crippen LogP contribution in [-0.4, -0.2) is 67.5 Å². The molecule has 0 aliphatic carbocycles. The van der Waals surface area contributed by atoms with Gasteiger partial charge in [0.05, 0.1) is 45.4 Å². The van der Waals surface area contributed by atoms with Crippen LogP contribution >= 0.6 is 0 Å². The van der Waals surface area contributed by atoms with Crippen molar-refractivity contribution < 1.29 is 28.4 Å². The average molecular weight is 417 g/mol. The highest BCUT2D eigenvalue weighted by Crippen LogP contribution is 2.33. The number of H-pyrrole nitrogens is 1. The van der Waals surface area contributed by atoms with Crippen LogP contribution < -0.4 is 10.3 Å². The predicted molar refractivity (Wildman–Crippen MR) is 108 cm³/mol. The number of halogens is 1. The van der Waals surface area contributed by atoms with Crippen molar-refractivity contribution in [3.63, 3.8) is 0 Å². The van der Waals surface area contributed by atoms with Gasteiger partial charge in [-0.25, -0.2) is 14.2 Å². The minimum atomic E-state index is -0.877. The van der Waals surface area contributed by atoms with E-state index in [1.807, 2.05) is 0 Å². The number of rotatable bonds is 6. The first-order valence-corrected chi connectivity index (χ1v) is 9.89. The maximum absolute atomic E-state index is 14.6. The highest BCUT2D eigenvalue weighted by molar-refractivity contribution is 6.43. The molecule has 1 aliphatic rings. The molecule has 1 saturated heterocycles. The molecule has 0 atom stereocenters. The second-order valence-corrected chi connectivity index (χ2v) is 7.29. The smallest absolute Gasteiger partial charge is 0.340 e. The zero-order valence-electron chi connectivity index (χ0n) is 17.3. The van der Waals surface area contributed by atoms with Crippen LogP contribution in [0.5, 0.6) is 0 Å². The normalized spacial score (nSPS) is 15.1. The molecular formula is C21H26FN4O4+. The molecule has 8 nitrogen and oxygen atoms in total. The number of ether oxygens (including phenoxy) is 1. The van der Waals surface area contributed by atoms with Gasteiger partial charge in [-0.1, -0.05) is 18.2 Å². The Morgan fingerprint density at radius 1 is 1.23 bits per heavy atom. The van der Waals surface area contributed by atoms with Crippen molar-refractivity contribution in [2.24, 2.45) is 0 Å². The Kier molecular flexibility index (Phi) is 6.63. The van der Waals surface area contributed by atoms with Crippen LogP contribution in [0.1, 0.15) is 33.5 Å². The highest BCUT2D eigenvalue weighted by Gasteiger charge is 2.32. The molecule has 2 aromatic rings. The fourth-order valence-corrected chi connectivity index (χ4v) is 3.50. The molecule has 1 aromatic heterocycles. The number of aryl methyl sites for hydroxylation is 1. The summed E-state index contributed by atoms with van der Waals surface area (Å²) in [6.07, 6.45) is 0. The fourth-order valence-electron chi connectivity index (χ4n) is 3.50. The summed E-state index contributed by atoms with van der Waals surface area (Å²) in [7, 11) is 2.06. The van der Waals surface area contributed by atoms with E-state index in [4.69, 9.17) is 4.74 Å². The molecule has 0 bridgehead atoms. The van der Waals surface area contributed by atoms with Crippen molar-refractivity contribution >= 4 is 17.7 Å². The van der Waals surface area contributed by atoms with Gasteiger partial charge in [-0.3, -0.25) is 15.0 Å². The molecule has 0 radical (unpaired) electrons. The summed E-state index contributed by atoms with van der Waals surface area (Å²) in [5.74, 6) is -3.02. The monoisotopic (exact) mass is 417 g/mol. The summed E-state index contributed by atoms with van der Waals surface area (Å²) in [4.78, 5) is 42.3. The van der Waals surface area contributed by atoms with Crippen molar-refractivity contribution in [3.8, 4) is 11.1 Å². The summed E-state index contributed by atoms with van der Waals surface area (Å²) >= 11 is 0. The Bertz CT molecular complexity index is 964. The average Bonchev–Trinajstić information content (AvgIpc) is 3.06. The van der Waals surface area contributed by atoms with Gasteiger partial charge < -0.3 is 14.6 Å². The molecule has 1 aromatic carbocycles. The summed E-state index contributed by atoms with van der Waals surface area (Å²) in [6, 6.07) is 5.79. The lowest BCUT2D eigenvalue weighted by molar-refractivity contribution is -0.884. The van der Waals surface area contributed by atoms with Gasteiger partial charge in [0.15, 0.2) is 0 Å². The predicted octanol–water partition coefficient (Wildman–Crippen LogP) is 0.350. The number of esters is 1. The number of carbonyl (C=O) groups excluding carboxylic acids is 3. The Hall–Kier alpha value is -3.04. The number of hydrogen-bond acceptors (Lipinski definition) is 5. The first-order chi connectivity index (χ1) is 14.3. The summed E-state index contributed by atoms with van der Waals surface area (Å²) < 4.78 is 19.7. The Labute approximate surface area is 174 Å². The van der Waals surface area contributed by atoms with E-state index in [2.05, 4.69) is 17.5 Å². The Morgan fingerprint density at radius 3 is 2.53 bits per heavy atom. The van der Waals surface area contributed by atoms with E-state index in [0.29, 0.717) is 18.8 Å². The Morgan fingerprint density at radius 2 is 1.90 bits per heavy atom. The molecule has 0 spiro atoms. The van der Waals surface area contributed by atoms with Gasteiger partial charge in [0.2, 0.25) is 0 Å². The third-order valence-corrected chi connectivity index (χ3v) is 5.12. The number of aromatic nitrogens is 1. The van der Waals surface area contributed by atoms with Gasteiger partial charge in [-0.05, 0) is 19.9 Å². The SMILES string of the molecule is CCOC(=O)c1c(C)[nH]c(C(=O)C(=O)NN2CC[NH+](C)CC2)c1-c1ccccc1F. The summed E-state index contributed by atoms with van der Waals surface area (Å²) in [5.41, 5.74) is 2.92. The van der Waals surface area contributed by atoms with E-state index < -0.39 is 23.5 Å². The number of quaternary nitrogens is 1. The molecule has 0 saturated carbocycles. The third kappa shape index (κ3) is 4.42. The van der Waals surface area contributed by atoms with Gasteiger partial charge in [-0.2, -0.15) is 0 Å². The second-order valence-electron chi connectivity index (χ2n) is 7.29. The molecule has 0 unspecified atom stereocenters. The molecule has 9 heteroatoms. The summed E-state index contributed by atoms with van der Waals surface area (Å²) in [5, 5.41) is 1.69. The Balaban J connectivity index is 1.98. The zero-order chi connectivity index (χ0) is 21.8. The molecule has 1 fully saturated rings. The molecule has 3 rings (SSSR count). The molecular weight excluding hydrogens is 391 g/mol. The first kappa shape index (κ1) is 21.7. The quantitative estimate of drug-likeness (QED) is 0.358. The zero-order valence-corrected chi connectivity index (χ0v) is 17.3. The van der Waals surface area contributed by atoms with Gasteiger partial charge >= 0.3 is 11.9 Å². The highest BCUT2D eigenvalue weighted by atomic mass is 19.1. The van der Waals surface area contributed by atoms with Crippen LogP contribution in [0.4, 0.5) is 4.39 Å². The number of hydrogen-bond donors (Lipinski definition) is 3. The number of benzene rings is 1. The minimum Gasteiger partial charge on any atom is -0.462 e. The van der Waals surface area contributed by atoms with E-state index in [0.717, 1.165) is 13.1 Å². The maximum Gasteiger partial charge on any atom is 0.340 e. The standard InChI is InChI=1S/C21H25FN4O4/c1-4-30-21(29)16-13(2)23-18(17(16)14-7-5-6-8-15(14)22)19(27)20(28)24-26-11-9-25(3)10-12-26/h5-8,23H,4,9-12H2,1-3H3,(H,24,28)/p+1.